The van der Waals surface area contributed by atoms with Crippen LogP contribution in [0.25, 0.3) is 0 Å². The highest BCUT2D eigenvalue weighted by molar-refractivity contribution is 6.10. The predicted octanol–water partition coefficient (Wildman–Crippen LogP) is 2.45. The second kappa shape index (κ2) is 7.30. The Morgan fingerprint density at radius 2 is 1.90 bits per heavy atom. The van der Waals surface area contributed by atoms with Gasteiger partial charge in [0.15, 0.2) is 0 Å². The van der Waals surface area contributed by atoms with Gasteiger partial charge in [-0.1, -0.05) is 6.07 Å². The second-order valence-electron chi connectivity index (χ2n) is 6.76. The molecule has 1 fully saturated rings. The minimum atomic E-state index is -1.47. The molecule has 2 aromatic rings. The Morgan fingerprint density at radius 3 is 2.48 bits per heavy atom. The molecule has 10 heteroatoms. The molecule has 0 aliphatic carbocycles. The Balaban J connectivity index is 1.74. The van der Waals surface area contributed by atoms with Crippen molar-refractivity contribution in [1.29, 1.82) is 0 Å². The average Bonchev–Trinajstić information content (AvgIpc) is 2.89. The van der Waals surface area contributed by atoms with Gasteiger partial charge >= 0.3 is 6.03 Å². The molecule has 0 aromatic heterocycles. The molecular formula is C19H17FN4O5. The summed E-state index contributed by atoms with van der Waals surface area (Å²) >= 11 is 0. The lowest BCUT2D eigenvalue weighted by Gasteiger charge is -2.22. The SMILES string of the molecule is Cc1ccc(NC(=O)CN2C(=O)N[C@](C)(c3ccc([N+](=O)[O-])cc3)C2=O)cc1F. The van der Waals surface area contributed by atoms with E-state index in [4.69, 9.17) is 0 Å². The standard InChI is InChI=1S/C19H17FN4O5/c1-11-3-6-13(9-15(11)20)21-16(25)10-23-17(26)19(2,22-18(23)27)12-4-7-14(8-5-12)24(28)29/h3-9H,10H2,1-2H3,(H,21,25)(H,22,27)/t19-/m1/s1. The fourth-order valence-corrected chi connectivity index (χ4v) is 2.97. The Morgan fingerprint density at radius 1 is 1.24 bits per heavy atom. The molecule has 1 aliphatic heterocycles. The van der Waals surface area contributed by atoms with Gasteiger partial charge in [-0.3, -0.25) is 24.6 Å². The van der Waals surface area contributed by atoms with Crippen LogP contribution in [0.5, 0.6) is 0 Å². The van der Waals surface area contributed by atoms with Gasteiger partial charge in [0.05, 0.1) is 4.92 Å². The number of nitrogens with zero attached hydrogens (tertiary/aromatic N) is 2. The molecule has 0 saturated carbocycles. The molecule has 1 heterocycles. The number of nitro groups is 1. The van der Waals surface area contributed by atoms with Crippen molar-refractivity contribution in [3.05, 3.63) is 69.5 Å². The molecule has 0 spiro atoms. The van der Waals surface area contributed by atoms with Crippen LogP contribution < -0.4 is 10.6 Å². The Bertz CT molecular complexity index is 1020. The Kier molecular flexibility index (Phi) is 5.02. The summed E-state index contributed by atoms with van der Waals surface area (Å²) in [6.45, 7) is 2.46. The number of anilines is 1. The third-order valence-electron chi connectivity index (χ3n) is 4.69. The maximum atomic E-state index is 13.6. The lowest BCUT2D eigenvalue weighted by Crippen LogP contribution is -2.42. The van der Waals surface area contributed by atoms with Gasteiger partial charge in [-0.05, 0) is 49.2 Å². The van der Waals surface area contributed by atoms with E-state index in [9.17, 15) is 28.9 Å². The molecule has 4 amide bonds. The van der Waals surface area contributed by atoms with E-state index in [0.29, 0.717) is 11.1 Å². The number of nitrogens with one attached hydrogen (secondary N) is 2. The molecule has 3 rings (SSSR count). The van der Waals surface area contributed by atoms with E-state index in [1.54, 1.807) is 6.92 Å². The van der Waals surface area contributed by atoms with Gasteiger partial charge in [-0.25, -0.2) is 9.18 Å². The average molecular weight is 400 g/mol. The molecule has 29 heavy (non-hydrogen) atoms. The van der Waals surface area contributed by atoms with Crippen LogP contribution in [0.2, 0.25) is 0 Å². The third kappa shape index (κ3) is 3.77. The van der Waals surface area contributed by atoms with Gasteiger partial charge in [-0.2, -0.15) is 0 Å². The van der Waals surface area contributed by atoms with Crippen molar-refractivity contribution in [2.75, 3.05) is 11.9 Å². The Hall–Kier alpha value is -3.82. The predicted molar refractivity (Wildman–Crippen MR) is 100 cm³/mol. The van der Waals surface area contributed by atoms with E-state index in [1.807, 2.05) is 0 Å². The number of amides is 4. The first-order valence-electron chi connectivity index (χ1n) is 8.57. The minimum absolute atomic E-state index is 0.157. The van der Waals surface area contributed by atoms with Crippen molar-refractivity contribution in [1.82, 2.24) is 10.2 Å². The van der Waals surface area contributed by atoms with E-state index in [2.05, 4.69) is 10.6 Å². The summed E-state index contributed by atoms with van der Waals surface area (Å²) in [5, 5.41) is 15.7. The first-order valence-corrected chi connectivity index (χ1v) is 8.57. The molecule has 0 radical (unpaired) electrons. The van der Waals surface area contributed by atoms with Gasteiger partial charge in [0.2, 0.25) is 5.91 Å². The number of aryl methyl sites for hydroxylation is 1. The largest absolute Gasteiger partial charge is 0.325 e. The highest BCUT2D eigenvalue weighted by Crippen LogP contribution is 2.30. The third-order valence-corrected chi connectivity index (χ3v) is 4.69. The lowest BCUT2D eigenvalue weighted by molar-refractivity contribution is -0.384. The van der Waals surface area contributed by atoms with Crippen molar-refractivity contribution in [2.45, 2.75) is 19.4 Å². The number of nitro benzene ring substituents is 1. The van der Waals surface area contributed by atoms with E-state index < -0.39 is 40.7 Å². The van der Waals surface area contributed by atoms with Crippen LogP contribution in [0.1, 0.15) is 18.1 Å². The quantitative estimate of drug-likeness (QED) is 0.454. The van der Waals surface area contributed by atoms with Crippen LogP contribution in [0.3, 0.4) is 0 Å². The summed E-state index contributed by atoms with van der Waals surface area (Å²) in [7, 11) is 0. The number of urea groups is 1. The number of hydrogen-bond acceptors (Lipinski definition) is 5. The van der Waals surface area contributed by atoms with Crippen molar-refractivity contribution in [3.63, 3.8) is 0 Å². The highest BCUT2D eigenvalue weighted by Gasteiger charge is 2.49. The van der Waals surface area contributed by atoms with Gasteiger partial charge in [-0.15, -0.1) is 0 Å². The molecule has 150 valence electrons. The fourth-order valence-electron chi connectivity index (χ4n) is 2.97. The zero-order chi connectivity index (χ0) is 21.3. The van der Waals surface area contributed by atoms with Gasteiger partial charge in [0, 0.05) is 17.8 Å². The van der Waals surface area contributed by atoms with Crippen LogP contribution in [-0.4, -0.2) is 34.2 Å². The number of non-ortho nitro benzene ring substituents is 1. The summed E-state index contributed by atoms with van der Waals surface area (Å²) in [4.78, 5) is 48.3. The van der Waals surface area contributed by atoms with Crippen molar-refractivity contribution in [3.8, 4) is 0 Å². The van der Waals surface area contributed by atoms with E-state index in [1.165, 1.54) is 43.3 Å². The van der Waals surface area contributed by atoms with Crippen molar-refractivity contribution >= 4 is 29.2 Å². The summed E-state index contributed by atoms with van der Waals surface area (Å²) in [6, 6.07) is 8.54. The summed E-state index contributed by atoms with van der Waals surface area (Å²) in [5.41, 5.74) is -0.678. The number of carbonyl (C=O) groups excluding carboxylic acids is 3. The second-order valence-corrected chi connectivity index (χ2v) is 6.76. The number of halogens is 1. The van der Waals surface area contributed by atoms with Crippen LogP contribution in [0, 0.1) is 22.9 Å². The van der Waals surface area contributed by atoms with Crippen LogP contribution in [0.15, 0.2) is 42.5 Å². The molecule has 1 aliphatic rings. The van der Waals surface area contributed by atoms with Crippen LogP contribution in [-0.2, 0) is 15.1 Å². The first-order chi connectivity index (χ1) is 13.6. The monoisotopic (exact) mass is 400 g/mol. The summed E-state index contributed by atoms with van der Waals surface area (Å²) in [5.74, 6) is -1.85. The number of hydrogen-bond donors (Lipinski definition) is 2. The number of carbonyl (C=O) groups is 3. The molecule has 2 N–H and O–H groups in total. The Labute approximate surface area is 164 Å². The van der Waals surface area contributed by atoms with Gasteiger partial charge < -0.3 is 10.6 Å². The number of benzene rings is 2. The molecule has 9 nitrogen and oxygen atoms in total. The van der Waals surface area contributed by atoms with Crippen molar-refractivity contribution < 1.29 is 23.7 Å². The molecule has 1 atom stereocenters. The smallest absolute Gasteiger partial charge is 0.324 e. The maximum absolute atomic E-state index is 13.6. The molecular weight excluding hydrogens is 383 g/mol. The van der Waals surface area contributed by atoms with Crippen LogP contribution in [0.4, 0.5) is 20.6 Å². The van der Waals surface area contributed by atoms with Gasteiger partial charge in [0.25, 0.3) is 11.6 Å². The molecule has 0 bridgehead atoms. The fraction of sp³-hybridized carbons (Fsp3) is 0.211. The van der Waals surface area contributed by atoms with E-state index >= 15 is 0 Å². The van der Waals surface area contributed by atoms with Crippen LogP contribution >= 0.6 is 0 Å². The highest BCUT2D eigenvalue weighted by atomic mass is 19.1. The zero-order valence-corrected chi connectivity index (χ0v) is 15.6. The summed E-state index contributed by atoms with van der Waals surface area (Å²) in [6.07, 6.45) is 0. The number of imide groups is 1. The maximum Gasteiger partial charge on any atom is 0.325 e. The molecule has 1 saturated heterocycles. The van der Waals surface area contributed by atoms with Crippen molar-refractivity contribution in [2.24, 2.45) is 0 Å². The van der Waals surface area contributed by atoms with E-state index in [-0.39, 0.29) is 11.4 Å². The normalized spacial score (nSPS) is 18.5. The number of rotatable bonds is 5. The zero-order valence-electron chi connectivity index (χ0n) is 15.6. The topological polar surface area (TPSA) is 122 Å². The van der Waals surface area contributed by atoms with Gasteiger partial charge in [0.1, 0.15) is 17.9 Å². The lowest BCUT2D eigenvalue weighted by atomic mass is 9.92. The van der Waals surface area contributed by atoms with E-state index in [0.717, 1.165) is 11.0 Å². The summed E-state index contributed by atoms with van der Waals surface area (Å²) < 4.78 is 13.6. The molecule has 0 unspecified atom stereocenters. The first kappa shape index (κ1) is 19.9. The minimum Gasteiger partial charge on any atom is -0.324 e. The molecule has 2 aromatic carbocycles.